The average Bonchev–Trinajstić information content (AvgIpc) is 2.73. The molecule has 3 nitrogen and oxygen atoms in total. The van der Waals surface area contributed by atoms with Crippen LogP contribution < -0.4 is 0 Å². The predicted molar refractivity (Wildman–Crippen MR) is 63.1 cm³/mol. The predicted octanol–water partition coefficient (Wildman–Crippen LogP) is 3.02. The Labute approximate surface area is 93.0 Å². The van der Waals surface area contributed by atoms with Crippen molar-refractivity contribution in [2.75, 3.05) is 0 Å². The van der Waals surface area contributed by atoms with E-state index in [2.05, 4.69) is 11.6 Å². The Morgan fingerprint density at radius 3 is 2.94 bits per heavy atom. The SMILES string of the molecule is C=C/C=C/OC(=O)c1cc2ccccc2[nH]1. The lowest BCUT2D eigenvalue weighted by atomic mass is 10.2. The summed E-state index contributed by atoms with van der Waals surface area (Å²) in [6, 6.07) is 9.43. The summed E-state index contributed by atoms with van der Waals surface area (Å²) in [6.45, 7) is 3.48. The summed E-state index contributed by atoms with van der Waals surface area (Å²) in [4.78, 5) is 14.5. The number of para-hydroxylation sites is 1. The quantitative estimate of drug-likeness (QED) is 0.483. The first-order valence-corrected chi connectivity index (χ1v) is 4.87. The maximum absolute atomic E-state index is 11.6. The zero-order valence-corrected chi connectivity index (χ0v) is 8.64. The van der Waals surface area contributed by atoms with E-state index >= 15 is 0 Å². The molecule has 1 heterocycles. The number of aromatic amines is 1. The molecular formula is C13H11NO2. The third kappa shape index (κ3) is 2.03. The number of rotatable bonds is 3. The van der Waals surface area contributed by atoms with Crippen molar-refractivity contribution in [2.24, 2.45) is 0 Å². The lowest BCUT2D eigenvalue weighted by molar-refractivity contribution is 0.0657. The number of aromatic nitrogens is 1. The topological polar surface area (TPSA) is 42.1 Å². The highest BCUT2D eigenvalue weighted by molar-refractivity contribution is 5.94. The molecule has 0 amide bonds. The first-order chi connectivity index (χ1) is 7.81. The molecule has 2 aromatic rings. The Morgan fingerprint density at radius 1 is 1.38 bits per heavy atom. The van der Waals surface area contributed by atoms with Crippen LogP contribution >= 0.6 is 0 Å². The van der Waals surface area contributed by atoms with Crippen molar-refractivity contribution in [1.29, 1.82) is 0 Å². The van der Waals surface area contributed by atoms with Crippen LogP contribution in [0.5, 0.6) is 0 Å². The molecule has 0 fully saturated rings. The third-order valence-electron chi connectivity index (χ3n) is 2.14. The van der Waals surface area contributed by atoms with E-state index in [1.165, 1.54) is 6.26 Å². The van der Waals surface area contributed by atoms with Gasteiger partial charge in [-0.25, -0.2) is 4.79 Å². The monoisotopic (exact) mass is 213 g/mol. The molecule has 0 radical (unpaired) electrons. The third-order valence-corrected chi connectivity index (χ3v) is 2.14. The number of ether oxygens (including phenoxy) is 1. The van der Waals surface area contributed by atoms with Crippen LogP contribution in [0.25, 0.3) is 10.9 Å². The van der Waals surface area contributed by atoms with Gasteiger partial charge in [0.25, 0.3) is 0 Å². The lowest BCUT2D eigenvalue weighted by Crippen LogP contribution is -2.00. The smallest absolute Gasteiger partial charge is 0.359 e. The van der Waals surface area contributed by atoms with E-state index in [4.69, 9.17) is 4.74 Å². The number of benzene rings is 1. The molecule has 0 aliphatic heterocycles. The van der Waals surface area contributed by atoms with Gasteiger partial charge in [-0.15, -0.1) is 0 Å². The zero-order chi connectivity index (χ0) is 11.4. The Kier molecular flexibility index (Phi) is 2.87. The summed E-state index contributed by atoms with van der Waals surface area (Å²) in [7, 11) is 0. The molecular weight excluding hydrogens is 202 g/mol. The molecule has 0 saturated carbocycles. The van der Waals surface area contributed by atoms with Gasteiger partial charge in [0, 0.05) is 10.9 Å². The van der Waals surface area contributed by atoms with Crippen molar-refractivity contribution in [2.45, 2.75) is 0 Å². The lowest BCUT2D eigenvalue weighted by Gasteiger charge is -1.93. The van der Waals surface area contributed by atoms with Gasteiger partial charge in [-0.05, 0) is 18.2 Å². The van der Waals surface area contributed by atoms with Crippen molar-refractivity contribution >= 4 is 16.9 Å². The summed E-state index contributed by atoms with van der Waals surface area (Å²) in [5.74, 6) is -0.408. The zero-order valence-electron chi connectivity index (χ0n) is 8.64. The number of carbonyl (C=O) groups excluding carboxylic acids is 1. The minimum atomic E-state index is -0.408. The van der Waals surface area contributed by atoms with Crippen LogP contribution in [0.2, 0.25) is 0 Å². The van der Waals surface area contributed by atoms with Crippen LogP contribution in [0.1, 0.15) is 10.5 Å². The summed E-state index contributed by atoms with van der Waals surface area (Å²) in [5.41, 5.74) is 1.36. The van der Waals surface area contributed by atoms with E-state index < -0.39 is 5.97 Å². The van der Waals surface area contributed by atoms with Gasteiger partial charge < -0.3 is 9.72 Å². The molecule has 0 spiro atoms. The molecule has 0 atom stereocenters. The minimum Gasteiger partial charge on any atom is -0.430 e. The number of esters is 1. The van der Waals surface area contributed by atoms with Crippen molar-refractivity contribution < 1.29 is 9.53 Å². The van der Waals surface area contributed by atoms with E-state index in [1.54, 1.807) is 18.2 Å². The highest BCUT2D eigenvalue weighted by Crippen LogP contribution is 2.15. The molecule has 3 heteroatoms. The van der Waals surface area contributed by atoms with Crippen molar-refractivity contribution in [3.8, 4) is 0 Å². The van der Waals surface area contributed by atoms with Gasteiger partial charge in [0.2, 0.25) is 0 Å². The van der Waals surface area contributed by atoms with E-state index in [1.807, 2.05) is 24.3 Å². The molecule has 80 valence electrons. The Hall–Kier alpha value is -2.29. The van der Waals surface area contributed by atoms with Crippen LogP contribution in [0.4, 0.5) is 0 Å². The summed E-state index contributed by atoms with van der Waals surface area (Å²) in [5, 5.41) is 0.988. The van der Waals surface area contributed by atoms with Crippen LogP contribution in [0.3, 0.4) is 0 Å². The Bertz CT molecular complexity index is 519. The molecule has 0 bridgehead atoms. The van der Waals surface area contributed by atoms with E-state index in [-0.39, 0.29) is 0 Å². The second kappa shape index (κ2) is 4.49. The molecule has 1 aromatic heterocycles. The van der Waals surface area contributed by atoms with Gasteiger partial charge in [0.05, 0.1) is 6.26 Å². The fourth-order valence-electron chi connectivity index (χ4n) is 1.40. The van der Waals surface area contributed by atoms with Gasteiger partial charge in [-0.3, -0.25) is 0 Å². The summed E-state index contributed by atoms with van der Waals surface area (Å²) in [6.07, 6.45) is 4.40. The molecule has 16 heavy (non-hydrogen) atoms. The van der Waals surface area contributed by atoms with Crippen molar-refractivity contribution in [3.63, 3.8) is 0 Å². The average molecular weight is 213 g/mol. The Morgan fingerprint density at radius 2 is 2.19 bits per heavy atom. The van der Waals surface area contributed by atoms with Crippen LogP contribution in [-0.4, -0.2) is 11.0 Å². The highest BCUT2D eigenvalue weighted by atomic mass is 16.5. The van der Waals surface area contributed by atoms with Crippen LogP contribution in [0.15, 0.2) is 55.3 Å². The molecule has 0 saturated heterocycles. The van der Waals surface area contributed by atoms with E-state index in [0.717, 1.165) is 10.9 Å². The summed E-state index contributed by atoms with van der Waals surface area (Å²) >= 11 is 0. The fraction of sp³-hybridized carbons (Fsp3) is 0. The van der Waals surface area contributed by atoms with Crippen molar-refractivity contribution in [1.82, 2.24) is 4.98 Å². The normalized spacial score (nSPS) is 10.8. The molecule has 0 aliphatic rings. The van der Waals surface area contributed by atoms with E-state index in [0.29, 0.717) is 5.69 Å². The number of hydrogen-bond donors (Lipinski definition) is 1. The number of nitrogens with one attached hydrogen (secondary N) is 1. The number of fused-ring (bicyclic) bond motifs is 1. The molecule has 2 rings (SSSR count). The number of H-pyrrole nitrogens is 1. The number of carbonyl (C=O) groups is 1. The maximum Gasteiger partial charge on any atom is 0.359 e. The van der Waals surface area contributed by atoms with Gasteiger partial charge in [-0.1, -0.05) is 30.9 Å². The van der Waals surface area contributed by atoms with Crippen LogP contribution in [-0.2, 0) is 4.74 Å². The first-order valence-electron chi connectivity index (χ1n) is 4.87. The molecule has 1 N–H and O–H groups in total. The van der Waals surface area contributed by atoms with Gasteiger partial charge in [0.1, 0.15) is 5.69 Å². The largest absolute Gasteiger partial charge is 0.430 e. The second-order valence-corrected chi connectivity index (χ2v) is 3.24. The van der Waals surface area contributed by atoms with Gasteiger partial charge in [-0.2, -0.15) is 0 Å². The number of hydrogen-bond acceptors (Lipinski definition) is 2. The maximum atomic E-state index is 11.6. The van der Waals surface area contributed by atoms with E-state index in [9.17, 15) is 4.79 Å². The standard InChI is InChI=1S/C13H11NO2/c1-2-3-8-16-13(15)12-9-10-6-4-5-7-11(10)14-12/h2-9,14H,1H2/b8-3+. The fourth-order valence-corrected chi connectivity index (χ4v) is 1.40. The van der Waals surface area contributed by atoms with Gasteiger partial charge in [0.15, 0.2) is 0 Å². The van der Waals surface area contributed by atoms with Crippen LogP contribution in [0, 0.1) is 0 Å². The summed E-state index contributed by atoms with van der Waals surface area (Å²) < 4.78 is 4.88. The van der Waals surface area contributed by atoms with Crippen molar-refractivity contribution in [3.05, 3.63) is 61.0 Å². The van der Waals surface area contributed by atoms with Gasteiger partial charge >= 0.3 is 5.97 Å². The highest BCUT2D eigenvalue weighted by Gasteiger charge is 2.08. The number of allylic oxidation sites excluding steroid dienone is 2. The molecule has 0 aliphatic carbocycles. The second-order valence-electron chi connectivity index (χ2n) is 3.24. The Balaban J connectivity index is 2.23. The first kappa shape index (κ1) is 10.2. The molecule has 0 unspecified atom stereocenters. The minimum absolute atomic E-state index is 0.408. The molecule has 1 aromatic carbocycles.